The first-order valence-electron chi connectivity index (χ1n) is 3.36. The van der Waals surface area contributed by atoms with Gasteiger partial charge in [0.1, 0.15) is 5.75 Å². The van der Waals surface area contributed by atoms with Gasteiger partial charge >= 0.3 is 23.1 Å². The molecule has 0 spiro atoms. The van der Waals surface area contributed by atoms with Crippen LogP contribution in [0.25, 0.3) is 0 Å². The summed E-state index contributed by atoms with van der Waals surface area (Å²) in [5.74, 6) is 0.991. The van der Waals surface area contributed by atoms with Gasteiger partial charge in [-0.25, -0.2) is 0 Å². The molecule has 1 aromatic carbocycles. The van der Waals surface area contributed by atoms with E-state index in [1.807, 2.05) is 24.3 Å². The molecule has 74 valence electrons. The molecule has 0 N–H and O–H groups in total. The molecule has 1 aliphatic rings. The number of ether oxygens (including phenoxy) is 1. The van der Waals surface area contributed by atoms with Crippen molar-refractivity contribution in [3.8, 4) is 5.75 Å². The number of rotatable bonds is 0. The van der Waals surface area contributed by atoms with E-state index >= 15 is 0 Å². The first-order valence-corrected chi connectivity index (χ1v) is 3.36. The number of fused-ring (bicyclic) bond motifs is 1. The second-order valence-corrected chi connectivity index (χ2v) is 2.30. The van der Waals surface area contributed by atoms with E-state index in [0.29, 0.717) is 0 Å². The van der Waals surface area contributed by atoms with Gasteiger partial charge in [-0.3, -0.25) is 0 Å². The maximum atomic E-state index is 5.24. The van der Waals surface area contributed by atoms with Gasteiger partial charge in [0, 0.05) is 51.2 Å². The van der Waals surface area contributed by atoms with Crippen LogP contribution in [0.2, 0.25) is 0 Å². The zero-order valence-electron chi connectivity index (χ0n) is 6.84. The second-order valence-electron chi connectivity index (χ2n) is 2.30. The summed E-state index contributed by atoms with van der Waals surface area (Å²) < 4.78 is 5.24. The second kappa shape index (κ2) is 10.6. The van der Waals surface area contributed by atoms with Gasteiger partial charge in [-0.15, -0.1) is 0 Å². The van der Waals surface area contributed by atoms with Crippen LogP contribution in [-0.4, -0.2) is 40.4 Å². The molecular formula is C9H10AlCoFeMgO. The molecule has 0 amide bonds. The van der Waals surface area contributed by atoms with E-state index in [0.717, 1.165) is 12.2 Å². The molecule has 4 radical (unpaired) electrons. The predicted octanol–water partition coefficient (Wildman–Crippen LogP) is 0.833. The third kappa shape index (κ3) is 5.25. The zero-order chi connectivity index (χ0) is 6.81. The maximum Gasteiger partial charge on any atom is 0.316 e. The van der Waals surface area contributed by atoms with Crippen molar-refractivity contribution in [2.24, 2.45) is 0 Å². The van der Waals surface area contributed by atoms with Crippen LogP contribution in [0, 0.1) is 0 Å². The Labute approximate surface area is 132 Å². The van der Waals surface area contributed by atoms with Crippen molar-refractivity contribution in [2.75, 3.05) is 0 Å². The van der Waals surface area contributed by atoms with E-state index in [1.54, 1.807) is 6.26 Å². The molecule has 0 aliphatic carbocycles. The van der Waals surface area contributed by atoms with Crippen LogP contribution in [0.15, 0.2) is 36.6 Å². The van der Waals surface area contributed by atoms with Crippen LogP contribution in [0.4, 0.5) is 0 Å². The third-order valence-corrected chi connectivity index (χ3v) is 1.60. The first kappa shape index (κ1) is 20.5. The Morgan fingerprint density at radius 3 is 2.43 bits per heavy atom. The van der Waals surface area contributed by atoms with Crippen molar-refractivity contribution < 1.29 is 38.6 Å². The number of hydrogen-bond acceptors (Lipinski definition) is 1. The van der Waals surface area contributed by atoms with Crippen LogP contribution < -0.4 is 4.74 Å². The average Bonchev–Trinajstić information content (AvgIpc) is 2.05. The molecule has 0 saturated heterocycles. The summed E-state index contributed by atoms with van der Waals surface area (Å²) in [6, 6.07) is 8.08. The van der Waals surface area contributed by atoms with Gasteiger partial charge in [-0.2, -0.15) is 0 Å². The van der Waals surface area contributed by atoms with E-state index in [-0.39, 0.29) is 74.3 Å². The molecule has 0 atom stereocenters. The van der Waals surface area contributed by atoms with Gasteiger partial charge in [0.2, 0.25) is 0 Å². The van der Waals surface area contributed by atoms with E-state index in [1.165, 1.54) is 5.56 Å². The Balaban J connectivity index is -0.000000302. The maximum absolute atomic E-state index is 5.24. The summed E-state index contributed by atoms with van der Waals surface area (Å²) >= 11 is 0. The Morgan fingerprint density at radius 1 is 1.14 bits per heavy atom. The molecule has 0 aromatic heterocycles. The summed E-state index contributed by atoms with van der Waals surface area (Å²) in [6.07, 6.45) is 4.75. The monoisotopic (exact) mass is 300 g/mol. The van der Waals surface area contributed by atoms with Crippen LogP contribution in [0.1, 0.15) is 5.56 Å². The van der Waals surface area contributed by atoms with Gasteiger partial charge in [0.25, 0.3) is 0 Å². The minimum atomic E-state index is 0. The van der Waals surface area contributed by atoms with Crippen molar-refractivity contribution in [3.05, 3.63) is 42.2 Å². The topological polar surface area (TPSA) is 9.23 Å². The molecule has 14 heavy (non-hydrogen) atoms. The fourth-order valence-corrected chi connectivity index (χ4v) is 1.08. The quantitative estimate of drug-likeness (QED) is 0.645. The summed E-state index contributed by atoms with van der Waals surface area (Å²) in [5, 5.41) is 0. The molecule has 1 aromatic rings. The van der Waals surface area contributed by atoms with E-state index < -0.39 is 0 Å². The van der Waals surface area contributed by atoms with Crippen molar-refractivity contribution >= 4 is 40.4 Å². The molecular weight excluding hydrogens is 290 g/mol. The molecule has 1 aliphatic heterocycles. The summed E-state index contributed by atoms with van der Waals surface area (Å²) in [7, 11) is 0. The Hall–Kier alpha value is 1.08. The van der Waals surface area contributed by atoms with Gasteiger partial charge in [-0.1, -0.05) is 18.2 Å². The van der Waals surface area contributed by atoms with E-state index in [2.05, 4.69) is 6.07 Å². The van der Waals surface area contributed by atoms with E-state index in [4.69, 9.17) is 4.74 Å². The van der Waals surface area contributed by atoms with Crippen molar-refractivity contribution in [1.29, 1.82) is 0 Å². The molecule has 2 rings (SSSR count). The molecule has 0 bridgehead atoms. The largest absolute Gasteiger partial charge is 0.465 e. The Morgan fingerprint density at radius 2 is 1.79 bits per heavy atom. The van der Waals surface area contributed by atoms with E-state index in [9.17, 15) is 0 Å². The smallest absolute Gasteiger partial charge is 0.316 e. The minimum Gasteiger partial charge on any atom is -0.465 e. The van der Waals surface area contributed by atoms with Crippen LogP contribution in [0.5, 0.6) is 5.75 Å². The molecule has 0 unspecified atom stereocenters. The Bertz CT molecular complexity index is 256. The number of allylic oxidation sites excluding steroid dienone is 1. The fraction of sp³-hybridized carbons (Fsp3) is 0.111. The Kier molecular flexibility index (Phi) is 15.5. The average molecular weight is 300 g/mol. The summed E-state index contributed by atoms with van der Waals surface area (Å²) in [4.78, 5) is 0. The number of benzene rings is 1. The van der Waals surface area contributed by atoms with Crippen LogP contribution in [-0.2, 0) is 40.3 Å². The summed E-state index contributed by atoms with van der Waals surface area (Å²) in [6.45, 7) is 0. The van der Waals surface area contributed by atoms with Gasteiger partial charge in [0.15, 0.2) is 0 Å². The molecule has 1 nitrogen and oxygen atoms in total. The standard InChI is InChI=1S/C9H8O.Al.Co.Fe.Mg.2H/c1-2-6-9-8(4-1)5-3-7-10-9;;;;;;/h1-4,6-7H,5H2;;;;;;. The minimum absolute atomic E-state index is 0. The summed E-state index contributed by atoms with van der Waals surface area (Å²) in [5.41, 5.74) is 1.27. The van der Waals surface area contributed by atoms with Crippen molar-refractivity contribution in [1.82, 2.24) is 0 Å². The molecule has 5 heteroatoms. The van der Waals surface area contributed by atoms with Gasteiger partial charge in [0.05, 0.1) is 6.26 Å². The molecule has 1 heterocycles. The van der Waals surface area contributed by atoms with Crippen LogP contribution >= 0.6 is 0 Å². The van der Waals surface area contributed by atoms with Gasteiger partial charge < -0.3 is 4.74 Å². The number of para-hydroxylation sites is 1. The molecule has 0 saturated carbocycles. The SMILES string of the molecule is C1=COc2ccccc2C1.[Al].[Co].[Fe].[MgH2]. The van der Waals surface area contributed by atoms with Crippen molar-refractivity contribution in [3.63, 3.8) is 0 Å². The van der Waals surface area contributed by atoms with Gasteiger partial charge in [-0.05, 0) is 24.1 Å². The molecule has 0 fully saturated rings. The van der Waals surface area contributed by atoms with Crippen LogP contribution in [0.3, 0.4) is 0 Å². The fourth-order valence-electron chi connectivity index (χ4n) is 1.08. The zero-order valence-corrected chi connectivity index (χ0v) is 10.1. The normalized spacial score (nSPS) is 10.0. The first-order chi connectivity index (χ1) is 4.97. The number of hydrogen-bond donors (Lipinski definition) is 0. The van der Waals surface area contributed by atoms with Crippen molar-refractivity contribution in [2.45, 2.75) is 6.42 Å². The third-order valence-electron chi connectivity index (χ3n) is 1.60. The predicted molar refractivity (Wildman–Crippen MR) is 54.2 cm³/mol.